The normalized spacial score (nSPS) is 21.6. The standard InChI is InChI=1S/C18H22FN3O2/c1-3-14-8-9-15(24-14)18(23)22(2)16(17-20-10-11-21-17)12-4-6-13(19)7-5-12/h4-7,10-11,14-16H,3,8-9H2,1-2H3,(H,20,21)/t14-,15-,16+/m1/s1. The van der Waals surface area contributed by atoms with Gasteiger partial charge in [-0.3, -0.25) is 4.79 Å². The number of hydrogen-bond acceptors (Lipinski definition) is 3. The van der Waals surface area contributed by atoms with E-state index in [0.717, 1.165) is 24.8 Å². The molecule has 1 saturated heterocycles. The third-order valence-electron chi connectivity index (χ3n) is 4.54. The summed E-state index contributed by atoms with van der Waals surface area (Å²) in [6.45, 7) is 2.06. The zero-order chi connectivity index (χ0) is 17.1. The first-order chi connectivity index (χ1) is 11.6. The summed E-state index contributed by atoms with van der Waals surface area (Å²) in [5.74, 6) is 0.259. The van der Waals surface area contributed by atoms with Crippen molar-refractivity contribution in [1.29, 1.82) is 0 Å². The highest BCUT2D eigenvalue weighted by Gasteiger charge is 2.35. The van der Waals surface area contributed by atoms with Crippen molar-refractivity contribution < 1.29 is 13.9 Å². The van der Waals surface area contributed by atoms with Gasteiger partial charge in [0.05, 0.1) is 6.10 Å². The van der Waals surface area contributed by atoms with Crippen LogP contribution in [0.2, 0.25) is 0 Å². The van der Waals surface area contributed by atoms with Gasteiger partial charge in [-0.25, -0.2) is 9.37 Å². The molecule has 128 valence electrons. The fraction of sp³-hybridized carbons (Fsp3) is 0.444. The number of H-pyrrole nitrogens is 1. The van der Waals surface area contributed by atoms with Gasteiger partial charge in [-0.1, -0.05) is 19.1 Å². The van der Waals surface area contributed by atoms with Crippen LogP contribution >= 0.6 is 0 Å². The zero-order valence-corrected chi connectivity index (χ0v) is 13.9. The number of halogens is 1. The van der Waals surface area contributed by atoms with Gasteiger partial charge >= 0.3 is 0 Å². The molecule has 1 fully saturated rings. The second kappa shape index (κ2) is 7.13. The van der Waals surface area contributed by atoms with Crippen molar-refractivity contribution in [2.75, 3.05) is 7.05 Å². The summed E-state index contributed by atoms with van der Waals surface area (Å²) >= 11 is 0. The Balaban J connectivity index is 1.85. The molecule has 5 nitrogen and oxygen atoms in total. The van der Waals surface area contributed by atoms with Crippen molar-refractivity contribution in [3.05, 3.63) is 53.9 Å². The average Bonchev–Trinajstić information content (AvgIpc) is 3.27. The zero-order valence-electron chi connectivity index (χ0n) is 13.9. The predicted molar refractivity (Wildman–Crippen MR) is 87.8 cm³/mol. The van der Waals surface area contributed by atoms with E-state index < -0.39 is 12.1 Å². The number of aromatic nitrogens is 2. The Hall–Kier alpha value is -2.21. The number of carbonyl (C=O) groups excluding carboxylic acids is 1. The topological polar surface area (TPSA) is 58.2 Å². The number of nitrogens with one attached hydrogen (secondary N) is 1. The van der Waals surface area contributed by atoms with Gasteiger partial charge in [0, 0.05) is 19.4 Å². The highest BCUT2D eigenvalue weighted by Crippen LogP contribution is 2.29. The number of aromatic amines is 1. The van der Waals surface area contributed by atoms with Gasteiger partial charge in [-0.15, -0.1) is 0 Å². The number of nitrogens with zero attached hydrogens (tertiary/aromatic N) is 2. The lowest BCUT2D eigenvalue weighted by atomic mass is 10.0. The Bertz CT molecular complexity index is 672. The van der Waals surface area contributed by atoms with Crippen molar-refractivity contribution in [3.8, 4) is 0 Å². The molecule has 1 aromatic heterocycles. The molecule has 1 aliphatic rings. The summed E-state index contributed by atoms with van der Waals surface area (Å²) in [5.41, 5.74) is 0.798. The summed E-state index contributed by atoms with van der Waals surface area (Å²) in [4.78, 5) is 21.9. The molecule has 0 bridgehead atoms. The van der Waals surface area contributed by atoms with Gasteiger partial charge in [-0.2, -0.15) is 0 Å². The van der Waals surface area contributed by atoms with Crippen LogP contribution in [0.4, 0.5) is 4.39 Å². The lowest BCUT2D eigenvalue weighted by Gasteiger charge is -2.29. The fourth-order valence-electron chi connectivity index (χ4n) is 3.18. The van der Waals surface area contributed by atoms with Crippen LogP contribution in [0.1, 0.15) is 43.6 Å². The summed E-state index contributed by atoms with van der Waals surface area (Å²) in [5, 5.41) is 0. The van der Waals surface area contributed by atoms with Crippen LogP contribution in [-0.4, -0.2) is 40.0 Å². The van der Waals surface area contributed by atoms with Crippen LogP contribution in [0.3, 0.4) is 0 Å². The Labute approximate surface area is 140 Å². The van der Waals surface area contributed by atoms with Gasteiger partial charge in [0.25, 0.3) is 5.91 Å². The van der Waals surface area contributed by atoms with Gasteiger partial charge < -0.3 is 14.6 Å². The Kier molecular flexibility index (Phi) is 4.94. The minimum absolute atomic E-state index is 0.0725. The first-order valence-corrected chi connectivity index (χ1v) is 8.27. The highest BCUT2D eigenvalue weighted by molar-refractivity contribution is 5.81. The molecule has 1 N–H and O–H groups in total. The molecular formula is C18H22FN3O2. The quantitative estimate of drug-likeness (QED) is 0.916. The van der Waals surface area contributed by atoms with E-state index in [0.29, 0.717) is 5.82 Å². The van der Waals surface area contributed by atoms with E-state index in [4.69, 9.17) is 4.74 Å². The third kappa shape index (κ3) is 3.33. The summed E-state index contributed by atoms with van der Waals surface area (Å²) < 4.78 is 19.1. The number of carbonyl (C=O) groups is 1. The minimum atomic E-state index is -0.419. The van der Waals surface area contributed by atoms with Gasteiger partial charge in [0.1, 0.15) is 23.8 Å². The summed E-state index contributed by atoms with van der Waals surface area (Å²) in [7, 11) is 1.74. The van der Waals surface area contributed by atoms with Crippen molar-refractivity contribution in [3.63, 3.8) is 0 Å². The SMILES string of the molecule is CC[C@@H]1CC[C@H](C(=O)N(C)[C@@H](c2ccc(F)cc2)c2ncc[nH]2)O1. The maximum absolute atomic E-state index is 13.3. The van der Waals surface area contributed by atoms with E-state index in [1.807, 2.05) is 0 Å². The highest BCUT2D eigenvalue weighted by atomic mass is 19.1. The van der Waals surface area contributed by atoms with Gasteiger partial charge in [-0.05, 0) is 37.0 Å². The number of amides is 1. The Morgan fingerprint density at radius 1 is 1.42 bits per heavy atom. The van der Waals surface area contributed by atoms with Crippen LogP contribution in [0.15, 0.2) is 36.7 Å². The number of rotatable bonds is 5. The molecule has 2 heterocycles. The summed E-state index contributed by atoms with van der Waals surface area (Å²) in [6.07, 6.45) is 5.64. The first kappa shape index (κ1) is 16.6. The molecule has 3 rings (SSSR count). The van der Waals surface area contributed by atoms with Crippen LogP contribution in [0.25, 0.3) is 0 Å². The van der Waals surface area contributed by atoms with Crippen molar-refractivity contribution in [1.82, 2.24) is 14.9 Å². The van der Waals surface area contributed by atoms with Gasteiger partial charge in [0.2, 0.25) is 0 Å². The van der Waals surface area contributed by atoms with Crippen LogP contribution in [0.5, 0.6) is 0 Å². The molecule has 24 heavy (non-hydrogen) atoms. The van der Waals surface area contributed by atoms with Crippen LogP contribution in [0, 0.1) is 5.82 Å². The lowest BCUT2D eigenvalue weighted by molar-refractivity contribution is -0.143. The average molecular weight is 331 g/mol. The monoisotopic (exact) mass is 331 g/mol. The molecule has 0 saturated carbocycles. The van der Waals surface area contributed by atoms with Crippen molar-refractivity contribution in [2.45, 2.75) is 44.4 Å². The predicted octanol–water partition coefficient (Wildman–Crippen LogP) is 3.05. The minimum Gasteiger partial charge on any atom is -0.365 e. The molecule has 2 aromatic rings. The second-order valence-electron chi connectivity index (χ2n) is 6.11. The van der Waals surface area contributed by atoms with Crippen molar-refractivity contribution >= 4 is 5.91 Å². The van der Waals surface area contributed by atoms with Gasteiger partial charge in [0.15, 0.2) is 0 Å². The van der Waals surface area contributed by atoms with E-state index >= 15 is 0 Å². The molecule has 0 aliphatic carbocycles. The lowest BCUT2D eigenvalue weighted by Crippen LogP contribution is -2.39. The number of imidazole rings is 1. The number of benzene rings is 1. The smallest absolute Gasteiger partial charge is 0.252 e. The molecular weight excluding hydrogens is 309 g/mol. The van der Waals surface area contributed by atoms with E-state index in [9.17, 15) is 9.18 Å². The van der Waals surface area contributed by atoms with Crippen molar-refractivity contribution in [2.24, 2.45) is 0 Å². The van der Waals surface area contributed by atoms with E-state index in [1.54, 1.807) is 36.5 Å². The molecule has 0 spiro atoms. The van der Waals surface area contributed by atoms with Crippen LogP contribution < -0.4 is 0 Å². The van der Waals surface area contributed by atoms with E-state index in [1.165, 1.54) is 12.1 Å². The Morgan fingerprint density at radius 2 is 2.17 bits per heavy atom. The third-order valence-corrected chi connectivity index (χ3v) is 4.54. The maximum Gasteiger partial charge on any atom is 0.252 e. The summed E-state index contributed by atoms with van der Waals surface area (Å²) in [6, 6.07) is 5.73. The molecule has 1 aliphatic heterocycles. The first-order valence-electron chi connectivity index (χ1n) is 8.27. The van der Waals surface area contributed by atoms with E-state index in [2.05, 4.69) is 16.9 Å². The molecule has 6 heteroatoms. The second-order valence-corrected chi connectivity index (χ2v) is 6.11. The maximum atomic E-state index is 13.3. The fourth-order valence-corrected chi connectivity index (χ4v) is 3.18. The molecule has 0 radical (unpaired) electrons. The Morgan fingerprint density at radius 3 is 2.75 bits per heavy atom. The molecule has 1 amide bonds. The molecule has 3 atom stereocenters. The largest absolute Gasteiger partial charge is 0.365 e. The number of ether oxygens (including phenoxy) is 1. The number of likely N-dealkylation sites (N-methyl/N-ethyl adjacent to an activating group) is 1. The molecule has 0 unspecified atom stereocenters. The number of hydrogen-bond donors (Lipinski definition) is 1. The van der Waals surface area contributed by atoms with E-state index in [-0.39, 0.29) is 17.8 Å². The van der Waals surface area contributed by atoms with Crippen LogP contribution in [-0.2, 0) is 9.53 Å². The molecule has 1 aromatic carbocycles.